The second-order valence-corrected chi connectivity index (χ2v) is 8.77. The Morgan fingerprint density at radius 3 is 2.21 bits per heavy atom. The zero-order valence-corrected chi connectivity index (χ0v) is 18.6. The van der Waals surface area contributed by atoms with Gasteiger partial charge in [0.15, 0.2) is 6.61 Å². The van der Waals surface area contributed by atoms with E-state index in [2.05, 4.69) is 29.6 Å². The van der Waals surface area contributed by atoms with E-state index in [1.54, 1.807) is 0 Å². The maximum absolute atomic E-state index is 12.5. The van der Waals surface area contributed by atoms with Crippen LogP contribution in [0.5, 0.6) is 0 Å². The molecule has 8 nitrogen and oxygen atoms in total. The number of amides is 2. The van der Waals surface area contributed by atoms with E-state index < -0.39 is 18.7 Å². The predicted octanol–water partition coefficient (Wildman–Crippen LogP) is 3.56. The van der Waals surface area contributed by atoms with E-state index in [0.29, 0.717) is 6.54 Å². The van der Waals surface area contributed by atoms with Crippen LogP contribution in [0, 0.1) is 5.41 Å². The lowest BCUT2D eigenvalue weighted by Crippen LogP contribution is -2.46. The number of hydrogen-bond acceptors (Lipinski definition) is 5. The normalized spacial score (nSPS) is 15.7. The summed E-state index contributed by atoms with van der Waals surface area (Å²) < 4.78 is 5.59. The molecule has 0 saturated heterocycles. The molecule has 33 heavy (non-hydrogen) atoms. The molecule has 0 atom stereocenters. The number of rotatable bonds is 9. The average molecular weight is 453 g/mol. The topological polar surface area (TPSA) is 105 Å². The molecule has 1 fully saturated rings. The Hall–Kier alpha value is -3.39. The van der Waals surface area contributed by atoms with Crippen molar-refractivity contribution in [2.75, 3.05) is 26.8 Å². The van der Waals surface area contributed by atoms with Crippen molar-refractivity contribution < 1.29 is 29.1 Å². The van der Waals surface area contributed by atoms with Crippen LogP contribution in [-0.4, -0.2) is 54.9 Å². The highest BCUT2D eigenvalue weighted by Gasteiger charge is 2.40. The number of carboxylic acids is 1. The van der Waals surface area contributed by atoms with Gasteiger partial charge < -0.3 is 15.2 Å². The first-order valence-corrected chi connectivity index (χ1v) is 11.1. The Bertz CT molecular complexity index is 1000. The van der Waals surface area contributed by atoms with Gasteiger partial charge in [-0.1, -0.05) is 55.0 Å². The van der Waals surface area contributed by atoms with Crippen molar-refractivity contribution in [1.29, 1.82) is 0 Å². The van der Waals surface area contributed by atoms with Gasteiger partial charge in [-0.15, -0.1) is 0 Å². The molecule has 2 amide bonds. The lowest BCUT2D eigenvalue weighted by Gasteiger charge is -2.42. The number of carboxylic acid groups (broad SMARTS) is 1. The highest BCUT2D eigenvalue weighted by Crippen LogP contribution is 2.45. The molecule has 0 heterocycles. The van der Waals surface area contributed by atoms with Gasteiger partial charge in [-0.2, -0.15) is 0 Å². The Balaban J connectivity index is 1.30. The standard InChI is InChI=1S/C25H28N2O6/c1-27(33-15-23(29)30)22(28)13-25(11-6-12-25)16-26-24(31)32-14-21-19-9-4-2-7-17(19)18-8-3-5-10-20(18)21/h2-5,7-10,21H,6,11-16H2,1H3,(H,26,31)(H,29,30). The highest BCUT2D eigenvalue weighted by atomic mass is 16.7. The molecule has 2 aromatic carbocycles. The molecule has 2 aliphatic rings. The van der Waals surface area contributed by atoms with Gasteiger partial charge in [0.2, 0.25) is 5.91 Å². The largest absolute Gasteiger partial charge is 0.479 e. The molecule has 0 spiro atoms. The van der Waals surface area contributed by atoms with Crippen LogP contribution >= 0.6 is 0 Å². The Labute approximate surface area is 192 Å². The number of ether oxygens (including phenoxy) is 1. The van der Waals surface area contributed by atoms with Gasteiger partial charge in [-0.3, -0.25) is 9.63 Å². The van der Waals surface area contributed by atoms with Crippen LogP contribution in [0.3, 0.4) is 0 Å². The summed E-state index contributed by atoms with van der Waals surface area (Å²) in [5, 5.41) is 12.5. The Morgan fingerprint density at radius 2 is 1.67 bits per heavy atom. The van der Waals surface area contributed by atoms with Gasteiger partial charge in [-0.25, -0.2) is 14.7 Å². The van der Waals surface area contributed by atoms with Crippen molar-refractivity contribution in [3.63, 3.8) is 0 Å². The third-order valence-corrected chi connectivity index (χ3v) is 6.62. The molecular formula is C25H28N2O6. The van der Waals surface area contributed by atoms with E-state index in [4.69, 9.17) is 14.7 Å². The van der Waals surface area contributed by atoms with Gasteiger partial charge in [-0.05, 0) is 40.5 Å². The van der Waals surface area contributed by atoms with Crippen LogP contribution in [-0.2, 0) is 19.2 Å². The number of alkyl carbamates (subject to hydrolysis) is 1. The van der Waals surface area contributed by atoms with E-state index in [9.17, 15) is 14.4 Å². The fourth-order valence-electron chi connectivity index (χ4n) is 4.66. The number of nitrogens with one attached hydrogen (secondary N) is 1. The van der Waals surface area contributed by atoms with Gasteiger partial charge in [0, 0.05) is 25.9 Å². The summed E-state index contributed by atoms with van der Waals surface area (Å²) in [4.78, 5) is 40.5. The van der Waals surface area contributed by atoms with Crippen LogP contribution in [0.15, 0.2) is 48.5 Å². The van der Waals surface area contributed by atoms with E-state index in [-0.39, 0.29) is 30.3 Å². The Kier molecular flexibility index (Phi) is 6.65. The minimum absolute atomic E-state index is 0.0116. The molecular weight excluding hydrogens is 424 g/mol. The van der Waals surface area contributed by atoms with Crippen LogP contribution in [0.4, 0.5) is 4.79 Å². The monoisotopic (exact) mass is 452 g/mol. The third-order valence-electron chi connectivity index (χ3n) is 6.62. The van der Waals surface area contributed by atoms with E-state index in [0.717, 1.165) is 35.5 Å². The molecule has 0 aliphatic heterocycles. The summed E-state index contributed by atoms with van der Waals surface area (Å²) in [6, 6.07) is 16.3. The fourth-order valence-corrected chi connectivity index (χ4v) is 4.66. The van der Waals surface area contributed by atoms with Crippen LogP contribution in [0.25, 0.3) is 11.1 Å². The van der Waals surface area contributed by atoms with Crippen LogP contribution < -0.4 is 5.32 Å². The summed E-state index contributed by atoms with van der Waals surface area (Å²) in [7, 11) is 1.40. The van der Waals surface area contributed by atoms with Gasteiger partial charge in [0.25, 0.3) is 0 Å². The number of aliphatic carboxylic acids is 1. The van der Waals surface area contributed by atoms with Crippen molar-refractivity contribution in [1.82, 2.24) is 10.4 Å². The molecule has 2 aromatic rings. The molecule has 174 valence electrons. The fraction of sp³-hybridized carbons (Fsp3) is 0.400. The smallest absolute Gasteiger partial charge is 0.407 e. The number of nitrogens with zero attached hydrogens (tertiary/aromatic N) is 1. The van der Waals surface area contributed by atoms with Crippen LogP contribution in [0.2, 0.25) is 0 Å². The van der Waals surface area contributed by atoms with Crippen LogP contribution in [0.1, 0.15) is 42.7 Å². The van der Waals surface area contributed by atoms with E-state index in [1.165, 1.54) is 18.2 Å². The predicted molar refractivity (Wildman–Crippen MR) is 120 cm³/mol. The zero-order chi connectivity index (χ0) is 23.4. The zero-order valence-electron chi connectivity index (χ0n) is 18.6. The minimum Gasteiger partial charge on any atom is -0.479 e. The SMILES string of the molecule is CN(OCC(=O)O)C(=O)CC1(CNC(=O)OCC2c3ccccc3-c3ccccc32)CCC1. The summed E-state index contributed by atoms with van der Waals surface area (Å²) in [6.07, 6.45) is 2.24. The molecule has 0 unspecified atom stereocenters. The highest BCUT2D eigenvalue weighted by molar-refractivity contribution is 5.79. The Morgan fingerprint density at radius 1 is 1.06 bits per heavy atom. The van der Waals surface area contributed by atoms with Gasteiger partial charge in [0.1, 0.15) is 6.61 Å². The molecule has 8 heteroatoms. The number of fused-ring (bicyclic) bond motifs is 3. The maximum atomic E-state index is 12.5. The van der Waals surface area contributed by atoms with Crippen molar-refractivity contribution in [3.8, 4) is 11.1 Å². The van der Waals surface area contributed by atoms with Gasteiger partial charge >= 0.3 is 12.1 Å². The number of carbonyl (C=O) groups excluding carboxylic acids is 2. The number of benzene rings is 2. The first-order chi connectivity index (χ1) is 15.9. The molecule has 2 aliphatic carbocycles. The average Bonchev–Trinajstić information content (AvgIpc) is 3.11. The first kappa shape index (κ1) is 22.8. The molecule has 2 N–H and O–H groups in total. The van der Waals surface area contributed by atoms with Gasteiger partial charge in [0.05, 0.1) is 0 Å². The summed E-state index contributed by atoms with van der Waals surface area (Å²) in [5.41, 5.74) is 4.28. The summed E-state index contributed by atoms with van der Waals surface area (Å²) >= 11 is 0. The summed E-state index contributed by atoms with van der Waals surface area (Å²) in [6.45, 7) is -0.0209. The number of hydrogen-bond donors (Lipinski definition) is 2. The number of carbonyl (C=O) groups is 3. The minimum atomic E-state index is -1.15. The molecule has 1 saturated carbocycles. The van der Waals surface area contributed by atoms with E-state index in [1.807, 2.05) is 24.3 Å². The molecule has 4 rings (SSSR count). The van der Waals surface area contributed by atoms with Crippen molar-refractivity contribution in [3.05, 3.63) is 59.7 Å². The second kappa shape index (κ2) is 9.62. The third kappa shape index (κ3) is 5.01. The quantitative estimate of drug-likeness (QED) is 0.564. The van der Waals surface area contributed by atoms with Crippen molar-refractivity contribution in [2.24, 2.45) is 5.41 Å². The molecule has 0 radical (unpaired) electrons. The maximum Gasteiger partial charge on any atom is 0.407 e. The number of hydroxylamine groups is 2. The van der Waals surface area contributed by atoms with E-state index >= 15 is 0 Å². The van der Waals surface area contributed by atoms with Crippen molar-refractivity contribution in [2.45, 2.75) is 31.6 Å². The molecule has 0 bridgehead atoms. The lowest BCUT2D eigenvalue weighted by atomic mass is 9.66. The second-order valence-electron chi connectivity index (χ2n) is 8.77. The first-order valence-electron chi connectivity index (χ1n) is 11.1. The summed E-state index contributed by atoms with van der Waals surface area (Å²) in [5.74, 6) is -1.47. The lowest BCUT2D eigenvalue weighted by molar-refractivity contribution is -0.188. The molecule has 0 aromatic heterocycles. The van der Waals surface area contributed by atoms with Crippen molar-refractivity contribution >= 4 is 18.0 Å².